The minimum absolute atomic E-state index is 0.000199. The van der Waals surface area contributed by atoms with Crippen molar-refractivity contribution in [2.24, 2.45) is 0 Å². The first-order valence-corrected chi connectivity index (χ1v) is 8.09. The molecule has 2 aromatic rings. The summed E-state index contributed by atoms with van der Waals surface area (Å²) >= 11 is 0. The number of hydrogen-bond donors (Lipinski definition) is 1. The van der Waals surface area contributed by atoms with Crippen molar-refractivity contribution < 1.29 is 18.7 Å². The molecule has 0 spiro atoms. The molecule has 0 saturated heterocycles. The number of aryl methyl sites for hydroxylation is 1. The van der Waals surface area contributed by atoms with Crippen molar-refractivity contribution in [3.63, 3.8) is 0 Å². The highest BCUT2D eigenvalue weighted by molar-refractivity contribution is 5.69. The number of rotatable bonds is 7. The Balaban J connectivity index is 1.83. The number of aromatic nitrogens is 1. The Morgan fingerprint density at radius 1 is 1.27 bits per heavy atom. The molecule has 26 heavy (non-hydrogen) atoms. The van der Waals surface area contributed by atoms with Gasteiger partial charge >= 0.3 is 5.97 Å². The summed E-state index contributed by atoms with van der Waals surface area (Å²) < 4.78 is 23.6. The highest BCUT2D eigenvalue weighted by Gasteiger charge is 2.14. The number of nitrogens with zero attached hydrogens (tertiary/aromatic N) is 1. The molecule has 0 atom stereocenters. The molecule has 2 rings (SSSR count). The van der Waals surface area contributed by atoms with Gasteiger partial charge in [-0.15, -0.1) is 0 Å². The molecule has 136 valence electrons. The van der Waals surface area contributed by atoms with Crippen LogP contribution in [0.1, 0.15) is 28.8 Å². The van der Waals surface area contributed by atoms with Gasteiger partial charge in [0.15, 0.2) is 11.6 Å². The monoisotopic (exact) mass is 358 g/mol. The molecule has 0 aliphatic carbocycles. The Morgan fingerprint density at radius 2 is 2.00 bits per heavy atom. The summed E-state index contributed by atoms with van der Waals surface area (Å²) in [5, 5.41) is 9.05. The maximum Gasteiger partial charge on any atom is 0.306 e. The molecule has 0 bridgehead atoms. The van der Waals surface area contributed by atoms with Crippen LogP contribution < -0.4 is 10.3 Å². The average Bonchev–Trinajstić information content (AvgIpc) is 2.60. The number of carbonyl (C=O) groups is 1. The molecule has 0 aliphatic heterocycles. The van der Waals surface area contributed by atoms with Gasteiger partial charge in [0, 0.05) is 12.1 Å². The molecule has 0 unspecified atom stereocenters. The van der Waals surface area contributed by atoms with Crippen LogP contribution in [0.15, 0.2) is 29.1 Å². The van der Waals surface area contributed by atoms with Crippen molar-refractivity contribution in [1.29, 1.82) is 5.26 Å². The number of aromatic amines is 1. The normalized spacial score (nSPS) is 10.2. The van der Waals surface area contributed by atoms with Crippen molar-refractivity contribution in [1.82, 2.24) is 4.98 Å². The maximum absolute atomic E-state index is 13.4. The minimum Gasteiger partial charge on any atom is -0.487 e. The van der Waals surface area contributed by atoms with E-state index in [4.69, 9.17) is 14.7 Å². The number of H-pyrrole nitrogens is 1. The third-order valence-electron chi connectivity index (χ3n) is 3.94. The molecule has 1 aromatic carbocycles. The number of nitriles is 1. The lowest BCUT2D eigenvalue weighted by atomic mass is 9.99. The summed E-state index contributed by atoms with van der Waals surface area (Å²) in [7, 11) is 0. The van der Waals surface area contributed by atoms with E-state index in [1.807, 2.05) is 6.07 Å². The predicted molar refractivity (Wildman–Crippen MR) is 92.4 cm³/mol. The second-order valence-electron chi connectivity index (χ2n) is 5.67. The number of ether oxygens (including phenoxy) is 2. The maximum atomic E-state index is 13.4. The van der Waals surface area contributed by atoms with Gasteiger partial charge in [-0.2, -0.15) is 5.26 Å². The van der Waals surface area contributed by atoms with Crippen LogP contribution in [0.2, 0.25) is 0 Å². The molecule has 0 aliphatic rings. The van der Waals surface area contributed by atoms with Gasteiger partial charge in [-0.3, -0.25) is 9.59 Å². The van der Waals surface area contributed by atoms with Crippen LogP contribution in [0.5, 0.6) is 5.75 Å². The molecule has 0 fully saturated rings. The Kier molecular flexibility index (Phi) is 6.50. The Morgan fingerprint density at radius 3 is 2.69 bits per heavy atom. The Labute approximate surface area is 150 Å². The summed E-state index contributed by atoms with van der Waals surface area (Å²) in [6, 6.07) is 7.85. The predicted octanol–water partition coefficient (Wildman–Crippen LogP) is 2.56. The smallest absolute Gasteiger partial charge is 0.306 e. The van der Waals surface area contributed by atoms with Gasteiger partial charge in [-0.05, 0) is 43.5 Å². The molecule has 0 radical (unpaired) electrons. The van der Waals surface area contributed by atoms with Gasteiger partial charge in [-0.25, -0.2) is 4.39 Å². The molecule has 0 saturated carbocycles. The zero-order chi connectivity index (χ0) is 19.1. The van der Waals surface area contributed by atoms with E-state index in [-0.39, 0.29) is 30.9 Å². The van der Waals surface area contributed by atoms with Gasteiger partial charge in [-0.1, -0.05) is 12.1 Å². The molecule has 7 heteroatoms. The molecule has 1 heterocycles. The fourth-order valence-corrected chi connectivity index (χ4v) is 2.59. The lowest BCUT2D eigenvalue weighted by Crippen LogP contribution is -2.18. The van der Waals surface area contributed by atoms with E-state index in [0.717, 1.165) is 5.56 Å². The van der Waals surface area contributed by atoms with E-state index in [1.165, 1.54) is 12.1 Å². The first kappa shape index (κ1) is 19.2. The SMILES string of the molecule is Cc1[nH]c(=O)c(C#N)c(C)c1CCC(=O)OCCOc1ccccc1F. The summed E-state index contributed by atoms with van der Waals surface area (Å²) in [5.41, 5.74) is 1.57. The summed E-state index contributed by atoms with van der Waals surface area (Å²) in [6.07, 6.45) is 0.439. The van der Waals surface area contributed by atoms with E-state index in [1.54, 1.807) is 26.0 Å². The molecule has 0 amide bonds. The quantitative estimate of drug-likeness (QED) is 0.607. The van der Waals surface area contributed by atoms with Crippen LogP contribution in [0.3, 0.4) is 0 Å². The summed E-state index contributed by atoms with van der Waals surface area (Å²) in [4.78, 5) is 26.2. The summed E-state index contributed by atoms with van der Waals surface area (Å²) in [5.74, 6) is -0.811. The van der Waals surface area contributed by atoms with Crippen LogP contribution in [0, 0.1) is 31.0 Å². The number of hydrogen-bond acceptors (Lipinski definition) is 5. The number of benzene rings is 1. The molecular formula is C19H19FN2O4. The summed E-state index contributed by atoms with van der Waals surface area (Å²) in [6.45, 7) is 3.45. The number of halogens is 1. The number of nitrogens with one attached hydrogen (secondary N) is 1. The molecular weight excluding hydrogens is 339 g/mol. The van der Waals surface area contributed by atoms with E-state index in [0.29, 0.717) is 17.7 Å². The lowest BCUT2D eigenvalue weighted by molar-refractivity contribution is -0.144. The zero-order valence-electron chi connectivity index (χ0n) is 14.6. The number of para-hydroxylation sites is 1. The average molecular weight is 358 g/mol. The topological polar surface area (TPSA) is 92.2 Å². The number of esters is 1. The van der Waals surface area contributed by atoms with Crippen LogP contribution >= 0.6 is 0 Å². The van der Waals surface area contributed by atoms with Gasteiger partial charge in [0.2, 0.25) is 0 Å². The van der Waals surface area contributed by atoms with Crippen molar-refractivity contribution in [2.45, 2.75) is 26.7 Å². The second-order valence-corrected chi connectivity index (χ2v) is 5.67. The van der Waals surface area contributed by atoms with Crippen molar-refractivity contribution in [2.75, 3.05) is 13.2 Å². The van der Waals surface area contributed by atoms with Gasteiger partial charge in [0.1, 0.15) is 24.8 Å². The third-order valence-corrected chi connectivity index (χ3v) is 3.94. The van der Waals surface area contributed by atoms with Gasteiger partial charge in [0.05, 0.1) is 0 Å². The highest BCUT2D eigenvalue weighted by atomic mass is 19.1. The zero-order valence-corrected chi connectivity index (χ0v) is 14.6. The molecule has 6 nitrogen and oxygen atoms in total. The number of carbonyl (C=O) groups excluding carboxylic acids is 1. The van der Waals surface area contributed by atoms with E-state index in [9.17, 15) is 14.0 Å². The second kappa shape index (κ2) is 8.81. The fraction of sp³-hybridized carbons (Fsp3) is 0.316. The first-order valence-electron chi connectivity index (χ1n) is 8.09. The largest absolute Gasteiger partial charge is 0.487 e. The van der Waals surface area contributed by atoms with Gasteiger partial charge in [0.25, 0.3) is 5.56 Å². The molecule has 1 N–H and O–H groups in total. The Hall–Kier alpha value is -3.14. The van der Waals surface area contributed by atoms with E-state index < -0.39 is 17.3 Å². The van der Waals surface area contributed by atoms with Crippen molar-refractivity contribution in [3.8, 4) is 11.8 Å². The third kappa shape index (κ3) is 4.70. The van der Waals surface area contributed by atoms with E-state index in [2.05, 4.69) is 4.98 Å². The minimum atomic E-state index is -0.476. The van der Waals surface area contributed by atoms with Crippen LogP contribution in [0.4, 0.5) is 4.39 Å². The van der Waals surface area contributed by atoms with Crippen LogP contribution in [-0.2, 0) is 16.0 Å². The molecule has 1 aromatic heterocycles. The standard InChI is InChI=1S/C19H19FN2O4/c1-12-14(13(2)22-19(24)15(12)11-21)7-8-18(23)26-10-9-25-17-6-4-3-5-16(17)20/h3-6H,7-10H2,1-2H3,(H,22,24). The fourth-order valence-electron chi connectivity index (χ4n) is 2.59. The van der Waals surface area contributed by atoms with Crippen LogP contribution in [0.25, 0.3) is 0 Å². The highest BCUT2D eigenvalue weighted by Crippen LogP contribution is 2.16. The van der Waals surface area contributed by atoms with Gasteiger partial charge < -0.3 is 14.5 Å². The first-order chi connectivity index (χ1) is 12.4. The number of pyridine rings is 1. The van der Waals surface area contributed by atoms with Crippen molar-refractivity contribution in [3.05, 3.63) is 62.8 Å². The van der Waals surface area contributed by atoms with Crippen LogP contribution in [-0.4, -0.2) is 24.2 Å². The van der Waals surface area contributed by atoms with E-state index >= 15 is 0 Å². The Bertz CT molecular complexity index is 899. The van der Waals surface area contributed by atoms with Crippen molar-refractivity contribution >= 4 is 5.97 Å². The lowest BCUT2D eigenvalue weighted by Gasteiger charge is -2.11.